The van der Waals surface area contributed by atoms with Crippen LogP contribution in [0.4, 0.5) is 30.2 Å². The number of nitrogens with zero attached hydrogens (tertiary/aromatic N) is 1. The lowest BCUT2D eigenvalue weighted by molar-refractivity contribution is -0.144. The van der Waals surface area contributed by atoms with Crippen LogP contribution in [0.15, 0.2) is 78.9 Å². The highest BCUT2D eigenvalue weighted by Crippen LogP contribution is 2.35. The summed E-state index contributed by atoms with van der Waals surface area (Å²) in [7, 11) is 0. The van der Waals surface area contributed by atoms with Crippen molar-refractivity contribution in [2.24, 2.45) is 5.92 Å². The molecule has 2 amide bonds. The lowest BCUT2D eigenvalue weighted by Crippen LogP contribution is -2.34. The molecule has 3 aromatic rings. The van der Waals surface area contributed by atoms with Gasteiger partial charge in [-0.25, -0.2) is 0 Å². The van der Waals surface area contributed by atoms with E-state index in [1.165, 1.54) is 11.0 Å². The van der Waals surface area contributed by atoms with Crippen LogP contribution >= 0.6 is 11.6 Å². The summed E-state index contributed by atoms with van der Waals surface area (Å²) < 4.78 is 39.3. The molecule has 198 valence electrons. The Morgan fingerprint density at radius 1 is 0.974 bits per heavy atom. The number of hydrogen-bond acceptors (Lipinski definition) is 4. The summed E-state index contributed by atoms with van der Waals surface area (Å²) in [4.78, 5) is 26.6. The highest BCUT2D eigenvalue weighted by atomic mass is 35.5. The molecule has 1 heterocycles. The molecule has 1 aliphatic rings. The maximum atomic E-state index is 13.1. The van der Waals surface area contributed by atoms with Gasteiger partial charge in [-0.3, -0.25) is 14.5 Å². The average Bonchev–Trinajstić information content (AvgIpc) is 3.28. The highest BCUT2D eigenvalue weighted by molar-refractivity contribution is 6.30. The van der Waals surface area contributed by atoms with E-state index in [1.54, 1.807) is 78.9 Å². The van der Waals surface area contributed by atoms with Gasteiger partial charge in [0.2, 0.25) is 11.8 Å². The van der Waals surface area contributed by atoms with Gasteiger partial charge in [-0.05, 0) is 53.6 Å². The maximum Gasteiger partial charge on any atom is 0.401 e. The van der Waals surface area contributed by atoms with E-state index in [-0.39, 0.29) is 24.9 Å². The van der Waals surface area contributed by atoms with Crippen LogP contribution in [0, 0.1) is 5.92 Å². The molecule has 4 rings (SSSR count). The lowest BCUT2D eigenvalue weighted by Gasteiger charge is -2.19. The number of hydrogen-bond donors (Lipinski definition) is 3. The Kier molecular flexibility index (Phi) is 8.38. The van der Waals surface area contributed by atoms with Gasteiger partial charge in [0.1, 0.15) is 0 Å². The second-order valence-corrected chi connectivity index (χ2v) is 9.53. The number of likely N-dealkylation sites (tertiary alicyclic amines) is 1. The summed E-state index contributed by atoms with van der Waals surface area (Å²) in [5.41, 5.74) is 8.77. The first kappa shape index (κ1) is 27.2. The number of alkyl halides is 3. The maximum absolute atomic E-state index is 13.1. The third kappa shape index (κ3) is 7.36. The fraction of sp³-hybridized carbons (Fsp3) is 0.214. The van der Waals surface area contributed by atoms with Crippen LogP contribution in [-0.4, -0.2) is 42.5 Å². The summed E-state index contributed by atoms with van der Waals surface area (Å²) in [6.45, 7) is -1.02. The third-order valence-corrected chi connectivity index (χ3v) is 6.51. The Bertz CT molecular complexity index is 1310. The lowest BCUT2D eigenvalue weighted by atomic mass is 9.88. The molecule has 0 aromatic heterocycles. The summed E-state index contributed by atoms with van der Waals surface area (Å²) in [6.07, 6.45) is -1.39. The molecule has 1 aliphatic heterocycles. The highest BCUT2D eigenvalue weighted by Gasteiger charge is 2.42. The van der Waals surface area contributed by atoms with E-state index in [9.17, 15) is 22.8 Å². The first-order chi connectivity index (χ1) is 18.1. The van der Waals surface area contributed by atoms with E-state index in [4.69, 9.17) is 17.3 Å². The van der Waals surface area contributed by atoms with Crippen molar-refractivity contribution in [3.8, 4) is 0 Å². The van der Waals surface area contributed by atoms with Gasteiger partial charge in [0.25, 0.3) is 0 Å². The van der Waals surface area contributed by atoms with Gasteiger partial charge in [-0.2, -0.15) is 13.2 Å². The smallest absolute Gasteiger partial charge is 0.397 e. The van der Waals surface area contributed by atoms with E-state index in [0.717, 1.165) is 11.1 Å². The molecule has 38 heavy (non-hydrogen) atoms. The first-order valence-electron chi connectivity index (χ1n) is 11.9. The van der Waals surface area contributed by atoms with Gasteiger partial charge in [0.05, 0.1) is 23.8 Å². The number of carbonyl (C=O) groups excluding carboxylic acids is 2. The Hall–Kier alpha value is -3.82. The third-order valence-electron chi connectivity index (χ3n) is 6.26. The molecule has 0 bridgehead atoms. The molecule has 6 nitrogen and oxygen atoms in total. The van der Waals surface area contributed by atoms with Gasteiger partial charge in [0.15, 0.2) is 0 Å². The number of nitrogens with one attached hydrogen (secondary N) is 2. The molecule has 4 N–H and O–H groups in total. The second-order valence-electron chi connectivity index (χ2n) is 9.09. The van der Waals surface area contributed by atoms with Crippen LogP contribution in [0.5, 0.6) is 0 Å². The fourth-order valence-corrected chi connectivity index (χ4v) is 4.58. The van der Waals surface area contributed by atoms with E-state index in [0.29, 0.717) is 22.1 Å². The minimum Gasteiger partial charge on any atom is -0.397 e. The van der Waals surface area contributed by atoms with Crippen molar-refractivity contribution >= 4 is 46.6 Å². The van der Waals surface area contributed by atoms with Gasteiger partial charge >= 0.3 is 6.18 Å². The first-order valence-corrected chi connectivity index (χ1v) is 12.2. The van der Waals surface area contributed by atoms with Gasteiger partial charge in [-0.1, -0.05) is 48.0 Å². The molecule has 0 aliphatic carbocycles. The molecule has 1 fully saturated rings. The fourth-order valence-electron chi connectivity index (χ4n) is 4.45. The van der Waals surface area contributed by atoms with Gasteiger partial charge in [0, 0.05) is 35.8 Å². The topological polar surface area (TPSA) is 87.5 Å². The number of amides is 2. The van der Waals surface area contributed by atoms with Crippen molar-refractivity contribution in [3.63, 3.8) is 0 Å². The molecule has 0 saturated carbocycles. The van der Waals surface area contributed by atoms with Crippen molar-refractivity contribution < 1.29 is 22.8 Å². The van der Waals surface area contributed by atoms with E-state index >= 15 is 0 Å². The minimum absolute atomic E-state index is 0.0198. The van der Waals surface area contributed by atoms with Crippen LogP contribution in [0.25, 0.3) is 6.08 Å². The van der Waals surface area contributed by atoms with Crippen LogP contribution < -0.4 is 16.4 Å². The quantitative estimate of drug-likeness (QED) is 0.260. The number of carbonyl (C=O) groups is 2. The second kappa shape index (κ2) is 11.7. The number of nitrogens with two attached hydrogens (primary N) is 1. The van der Waals surface area contributed by atoms with Crippen LogP contribution in [-0.2, 0) is 9.59 Å². The molecule has 3 aromatic carbocycles. The Morgan fingerprint density at radius 2 is 1.66 bits per heavy atom. The van der Waals surface area contributed by atoms with Crippen molar-refractivity contribution in [2.45, 2.75) is 12.1 Å². The summed E-state index contributed by atoms with van der Waals surface area (Å²) in [5.74, 6) is -1.84. The predicted molar refractivity (Wildman–Crippen MR) is 144 cm³/mol. The molecular formula is C28H26ClF3N4O2. The Balaban J connectivity index is 1.46. The van der Waals surface area contributed by atoms with Gasteiger partial charge in [-0.15, -0.1) is 0 Å². The standard InChI is InChI=1S/C28H26ClF3N4O2/c29-20-10-12-21(13-11-20)34-27(38)23-16-36(17-28(30,31)32)15-22(23)19-8-5-18(6-9-19)7-14-26(37)35-25-4-2-1-3-24(25)33/h1-14,22-23H,15-17,33H2,(H,34,38)(H,35,37)/b14-7+. The zero-order chi connectivity index (χ0) is 27.3. The molecule has 2 atom stereocenters. The summed E-state index contributed by atoms with van der Waals surface area (Å²) in [6, 6.07) is 20.5. The average molecular weight is 543 g/mol. The number of para-hydroxylation sites is 2. The molecular weight excluding hydrogens is 517 g/mol. The van der Waals surface area contributed by atoms with Crippen LogP contribution in [0.1, 0.15) is 17.0 Å². The van der Waals surface area contributed by atoms with Gasteiger partial charge < -0.3 is 16.4 Å². The minimum atomic E-state index is -4.37. The van der Waals surface area contributed by atoms with Crippen molar-refractivity contribution in [1.82, 2.24) is 4.90 Å². The number of halogens is 4. The number of nitrogen functional groups attached to an aromatic ring is 1. The predicted octanol–water partition coefficient (Wildman–Crippen LogP) is 5.79. The number of anilines is 3. The molecule has 1 saturated heterocycles. The molecule has 10 heteroatoms. The van der Waals surface area contributed by atoms with Crippen molar-refractivity contribution in [1.29, 1.82) is 0 Å². The SMILES string of the molecule is Nc1ccccc1NC(=O)/C=C/c1ccc(C2CN(CC(F)(F)F)CC2C(=O)Nc2ccc(Cl)cc2)cc1. The monoisotopic (exact) mass is 542 g/mol. The normalized spacial score (nSPS) is 18.0. The molecule has 0 radical (unpaired) electrons. The number of rotatable bonds is 7. The van der Waals surface area contributed by atoms with E-state index in [2.05, 4.69) is 10.6 Å². The number of benzene rings is 3. The van der Waals surface area contributed by atoms with E-state index < -0.39 is 24.6 Å². The largest absolute Gasteiger partial charge is 0.401 e. The Labute approximate surface area is 223 Å². The van der Waals surface area contributed by atoms with E-state index in [1.807, 2.05) is 0 Å². The van der Waals surface area contributed by atoms with Crippen molar-refractivity contribution in [2.75, 3.05) is 36.0 Å². The summed E-state index contributed by atoms with van der Waals surface area (Å²) >= 11 is 5.90. The summed E-state index contributed by atoms with van der Waals surface area (Å²) in [5, 5.41) is 6.00. The zero-order valence-corrected chi connectivity index (χ0v) is 21.0. The van der Waals surface area contributed by atoms with Crippen LogP contribution in [0.3, 0.4) is 0 Å². The Morgan fingerprint density at radius 3 is 2.32 bits per heavy atom. The zero-order valence-electron chi connectivity index (χ0n) is 20.2. The molecule has 2 unspecified atom stereocenters. The van der Waals surface area contributed by atoms with Crippen LogP contribution in [0.2, 0.25) is 5.02 Å². The molecule has 0 spiro atoms. The van der Waals surface area contributed by atoms with Crippen molar-refractivity contribution in [3.05, 3.63) is 95.0 Å².